The number of benzene rings is 1. The van der Waals surface area contributed by atoms with Crippen molar-refractivity contribution in [3.63, 3.8) is 0 Å². The summed E-state index contributed by atoms with van der Waals surface area (Å²) in [7, 11) is 0. The normalized spacial score (nSPS) is 15.2. The van der Waals surface area contributed by atoms with Crippen LogP contribution in [0.3, 0.4) is 0 Å². The van der Waals surface area contributed by atoms with E-state index in [0.717, 1.165) is 12.8 Å². The van der Waals surface area contributed by atoms with E-state index in [1.807, 2.05) is 0 Å². The van der Waals surface area contributed by atoms with Gasteiger partial charge in [-0.3, -0.25) is 4.79 Å². The first-order valence-electron chi connectivity index (χ1n) is 6.10. The Hall–Kier alpha value is -1.13. The summed E-state index contributed by atoms with van der Waals surface area (Å²) >= 11 is 5.66. The molecule has 2 rings (SSSR count). The second-order valence-corrected chi connectivity index (χ2v) is 4.91. The van der Waals surface area contributed by atoms with Crippen LogP contribution in [0.15, 0.2) is 18.2 Å². The van der Waals surface area contributed by atoms with Crippen LogP contribution in [0.25, 0.3) is 0 Å². The van der Waals surface area contributed by atoms with Crippen molar-refractivity contribution in [2.45, 2.75) is 31.8 Å². The van der Waals surface area contributed by atoms with Gasteiger partial charge in [0.25, 0.3) is 0 Å². The maximum absolute atomic E-state index is 13.5. The standard InChI is InChI=1S/C13H16ClFN2O/c14-11-6-1-3-9(13(11)15)7-17-12(18)8-16-10-4-2-5-10/h1,3,6,10,16H,2,4-5,7-8H2,(H,17,18). The summed E-state index contributed by atoms with van der Waals surface area (Å²) in [5.41, 5.74) is 0.402. The Kier molecular flexibility index (Phi) is 4.55. The molecule has 0 bridgehead atoms. The van der Waals surface area contributed by atoms with E-state index in [4.69, 9.17) is 11.6 Å². The van der Waals surface area contributed by atoms with E-state index < -0.39 is 5.82 Å². The molecule has 1 aromatic rings. The van der Waals surface area contributed by atoms with Gasteiger partial charge in [0.2, 0.25) is 5.91 Å². The summed E-state index contributed by atoms with van der Waals surface area (Å²) in [5, 5.41) is 5.90. The van der Waals surface area contributed by atoms with Gasteiger partial charge >= 0.3 is 0 Å². The number of hydrogen-bond acceptors (Lipinski definition) is 2. The first kappa shape index (κ1) is 13.3. The van der Waals surface area contributed by atoms with E-state index in [2.05, 4.69) is 10.6 Å². The van der Waals surface area contributed by atoms with Crippen molar-refractivity contribution < 1.29 is 9.18 Å². The van der Waals surface area contributed by atoms with Crippen molar-refractivity contribution in [2.75, 3.05) is 6.54 Å². The van der Waals surface area contributed by atoms with Crippen LogP contribution < -0.4 is 10.6 Å². The van der Waals surface area contributed by atoms with Gasteiger partial charge in [0.1, 0.15) is 5.82 Å². The van der Waals surface area contributed by atoms with Crippen LogP contribution in [-0.4, -0.2) is 18.5 Å². The summed E-state index contributed by atoms with van der Waals surface area (Å²) < 4.78 is 13.5. The van der Waals surface area contributed by atoms with Crippen molar-refractivity contribution in [1.82, 2.24) is 10.6 Å². The second kappa shape index (κ2) is 6.16. The molecule has 0 aromatic heterocycles. The molecule has 5 heteroatoms. The van der Waals surface area contributed by atoms with Gasteiger partial charge in [0.15, 0.2) is 0 Å². The molecule has 0 atom stereocenters. The van der Waals surface area contributed by atoms with E-state index in [-0.39, 0.29) is 24.0 Å². The molecule has 0 heterocycles. The molecule has 2 N–H and O–H groups in total. The Bertz CT molecular complexity index is 435. The lowest BCUT2D eigenvalue weighted by Crippen LogP contribution is -2.42. The zero-order valence-electron chi connectivity index (χ0n) is 10.0. The molecule has 1 amide bonds. The number of hydrogen-bond donors (Lipinski definition) is 2. The third kappa shape index (κ3) is 3.43. The second-order valence-electron chi connectivity index (χ2n) is 4.50. The van der Waals surface area contributed by atoms with Crippen LogP contribution >= 0.6 is 11.6 Å². The smallest absolute Gasteiger partial charge is 0.234 e. The topological polar surface area (TPSA) is 41.1 Å². The third-order valence-corrected chi connectivity index (χ3v) is 3.46. The number of halogens is 2. The molecule has 1 aromatic carbocycles. The molecule has 0 unspecified atom stereocenters. The third-order valence-electron chi connectivity index (χ3n) is 3.16. The van der Waals surface area contributed by atoms with Gasteiger partial charge in [-0.25, -0.2) is 4.39 Å². The van der Waals surface area contributed by atoms with Crippen molar-refractivity contribution in [3.05, 3.63) is 34.6 Å². The molecule has 1 saturated carbocycles. The average Bonchev–Trinajstić information content (AvgIpc) is 2.29. The maximum Gasteiger partial charge on any atom is 0.234 e. The molecule has 0 aliphatic heterocycles. The monoisotopic (exact) mass is 270 g/mol. The van der Waals surface area contributed by atoms with E-state index in [1.165, 1.54) is 12.5 Å². The lowest BCUT2D eigenvalue weighted by molar-refractivity contribution is -0.120. The molecule has 0 spiro atoms. The molecule has 98 valence electrons. The van der Waals surface area contributed by atoms with Crippen LogP contribution in [0.4, 0.5) is 4.39 Å². The molecule has 3 nitrogen and oxygen atoms in total. The van der Waals surface area contributed by atoms with Crippen LogP contribution in [0.1, 0.15) is 24.8 Å². The fourth-order valence-corrected chi connectivity index (χ4v) is 1.98. The Morgan fingerprint density at radius 2 is 2.22 bits per heavy atom. The summed E-state index contributed by atoms with van der Waals surface area (Å²) in [6.07, 6.45) is 3.50. The first-order valence-corrected chi connectivity index (χ1v) is 6.47. The van der Waals surface area contributed by atoms with E-state index in [0.29, 0.717) is 11.6 Å². The van der Waals surface area contributed by atoms with Crippen LogP contribution in [0, 0.1) is 5.82 Å². The Balaban J connectivity index is 1.76. The minimum Gasteiger partial charge on any atom is -0.351 e. The van der Waals surface area contributed by atoms with E-state index in [1.54, 1.807) is 12.1 Å². The van der Waals surface area contributed by atoms with Crippen molar-refractivity contribution >= 4 is 17.5 Å². The van der Waals surface area contributed by atoms with Gasteiger partial charge in [-0.15, -0.1) is 0 Å². The summed E-state index contributed by atoms with van der Waals surface area (Å²) in [6.45, 7) is 0.449. The first-order chi connectivity index (χ1) is 8.66. The molecule has 1 fully saturated rings. The summed E-state index contributed by atoms with van der Waals surface area (Å²) in [5.74, 6) is -0.590. The van der Waals surface area contributed by atoms with Crippen molar-refractivity contribution in [1.29, 1.82) is 0 Å². The van der Waals surface area contributed by atoms with Crippen molar-refractivity contribution in [2.24, 2.45) is 0 Å². The SMILES string of the molecule is O=C(CNC1CCC1)NCc1cccc(Cl)c1F. The Labute approximate surface area is 111 Å². The minimum absolute atomic E-state index is 0.0781. The zero-order valence-corrected chi connectivity index (χ0v) is 10.8. The quantitative estimate of drug-likeness (QED) is 0.862. The summed E-state index contributed by atoms with van der Waals surface area (Å²) in [4.78, 5) is 11.5. The number of amides is 1. The van der Waals surface area contributed by atoms with E-state index >= 15 is 0 Å². The van der Waals surface area contributed by atoms with Gasteiger partial charge < -0.3 is 10.6 Å². The van der Waals surface area contributed by atoms with Crippen LogP contribution in [0.5, 0.6) is 0 Å². The molecule has 1 aliphatic carbocycles. The van der Waals surface area contributed by atoms with Gasteiger partial charge in [0.05, 0.1) is 11.6 Å². The van der Waals surface area contributed by atoms with Gasteiger partial charge in [0, 0.05) is 18.2 Å². The largest absolute Gasteiger partial charge is 0.351 e. The number of nitrogens with one attached hydrogen (secondary N) is 2. The zero-order chi connectivity index (χ0) is 13.0. The predicted molar refractivity (Wildman–Crippen MR) is 68.9 cm³/mol. The Morgan fingerprint density at radius 1 is 1.44 bits per heavy atom. The molecule has 0 radical (unpaired) electrons. The highest BCUT2D eigenvalue weighted by Gasteiger charge is 2.17. The molecular weight excluding hydrogens is 255 g/mol. The van der Waals surface area contributed by atoms with Gasteiger partial charge in [-0.2, -0.15) is 0 Å². The van der Waals surface area contributed by atoms with Crippen molar-refractivity contribution in [3.8, 4) is 0 Å². The Morgan fingerprint density at radius 3 is 2.89 bits per heavy atom. The fourth-order valence-electron chi connectivity index (χ4n) is 1.79. The van der Waals surface area contributed by atoms with Crippen LogP contribution in [0.2, 0.25) is 5.02 Å². The molecular formula is C13H16ClFN2O. The highest BCUT2D eigenvalue weighted by atomic mass is 35.5. The summed E-state index contributed by atoms with van der Waals surface area (Å²) in [6, 6.07) is 5.24. The predicted octanol–water partition coefficient (Wildman–Crippen LogP) is 2.24. The lowest BCUT2D eigenvalue weighted by atomic mass is 9.93. The lowest BCUT2D eigenvalue weighted by Gasteiger charge is -2.26. The average molecular weight is 271 g/mol. The molecule has 1 aliphatic rings. The van der Waals surface area contributed by atoms with Gasteiger partial charge in [-0.05, 0) is 18.9 Å². The highest BCUT2D eigenvalue weighted by Crippen LogP contribution is 2.18. The molecule has 0 saturated heterocycles. The number of rotatable bonds is 5. The van der Waals surface area contributed by atoms with Crippen LogP contribution in [-0.2, 0) is 11.3 Å². The maximum atomic E-state index is 13.5. The molecule has 18 heavy (non-hydrogen) atoms. The highest BCUT2D eigenvalue weighted by molar-refractivity contribution is 6.30. The van der Waals surface area contributed by atoms with E-state index in [9.17, 15) is 9.18 Å². The number of carbonyl (C=O) groups excluding carboxylic acids is 1. The fraction of sp³-hybridized carbons (Fsp3) is 0.462. The van der Waals surface area contributed by atoms with Gasteiger partial charge in [-0.1, -0.05) is 30.2 Å². The number of carbonyl (C=O) groups is 1. The minimum atomic E-state index is -0.466.